The number of primary amides is 1. The highest BCUT2D eigenvalue weighted by molar-refractivity contribution is 5.74. The molecule has 0 atom stereocenters. The van der Waals surface area contributed by atoms with E-state index in [0.29, 0.717) is 13.1 Å². The largest absolute Gasteiger partial charge is 0.632 e. The van der Waals surface area contributed by atoms with Crippen molar-refractivity contribution in [2.45, 2.75) is 13.8 Å². The molecule has 0 aromatic carbocycles. The maximum Gasteiger partial charge on any atom is 0.272 e. The number of carbonyl (C=O) groups is 1. The van der Waals surface area contributed by atoms with Crippen molar-refractivity contribution in [3.05, 3.63) is 5.21 Å². The number of rotatable bonds is 4. The highest BCUT2D eigenvalue weighted by atomic mass is 16.5. The van der Waals surface area contributed by atoms with Gasteiger partial charge in [-0.3, -0.25) is 4.79 Å². The molecule has 10 heavy (non-hydrogen) atoms. The maximum atomic E-state index is 11.3. The first-order valence-electron chi connectivity index (χ1n) is 3.39. The molecule has 4 heteroatoms. The van der Waals surface area contributed by atoms with Crippen LogP contribution in [0.4, 0.5) is 0 Å². The Morgan fingerprint density at radius 3 is 2.00 bits per heavy atom. The Kier molecular flexibility index (Phi) is 3.32. The van der Waals surface area contributed by atoms with E-state index >= 15 is 0 Å². The molecule has 0 bridgehead atoms. The van der Waals surface area contributed by atoms with E-state index in [9.17, 15) is 10.0 Å². The first kappa shape index (κ1) is 9.39. The van der Waals surface area contributed by atoms with Gasteiger partial charge in [-0.05, 0) is 13.8 Å². The van der Waals surface area contributed by atoms with Crippen molar-refractivity contribution in [2.75, 3.05) is 19.6 Å². The lowest BCUT2D eigenvalue weighted by atomic mass is 10.4. The van der Waals surface area contributed by atoms with Crippen molar-refractivity contribution in [3.8, 4) is 0 Å². The quantitative estimate of drug-likeness (QED) is 0.442. The van der Waals surface area contributed by atoms with Gasteiger partial charge in [0, 0.05) is 0 Å². The third-order valence-corrected chi connectivity index (χ3v) is 1.60. The van der Waals surface area contributed by atoms with Gasteiger partial charge in [-0.15, -0.1) is 0 Å². The van der Waals surface area contributed by atoms with Gasteiger partial charge in [0.2, 0.25) is 0 Å². The summed E-state index contributed by atoms with van der Waals surface area (Å²) >= 11 is 0. The van der Waals surface area contributed by atoms with Crippen molar-refractivity contribution >= 4 is 5.91 Å². The molecule has 0 aliphatic rings. The monoisotopic (exact) mass is 146 g/mol. The molecule has 0 rings (SSSR count). The summed E-state index contributed by atoms with van der Waals surface area (Å²) in [6.45, 7) is 4.20. The average molecular weight is 146 g/mol. The van der Waals surface area contributed by atoms with Gasteiger partial charge in [0.15, 0.2) is 6.54 Å². The van der Waals surface area contributed by atoms with Gasteiger partial charge in [-0.2, -0.15) is 0 Å². The summed E-state index contributed by atoms with van der Waals surface area (Å²) in [7, 11) is 0. The molecule has 1 amide bonds. The molecule has 0 saturated heterocycles. The van der Waals surface area contributed by atoms with Crippen molar-refractivity contribution < 1.29 is 9.44 Å². The lowest BCUT2D eigenvalue weighted by molar-refractivity contribution is -0.868. The standard InChI is InChI=1S/C6H14N2O2/c1-3-8(10,4-2)5-6(7)9/h3-5H2,1-2H3,(H2,7,9). The number of hydrogen-bond donors (Lipinski definition) is 1. The van der Waals surface area contributed by atoms with Gasteiger partial charge >= 0.3 is 0 Å². The third-order valence-electron chi connectivity index (χ3n) is 1.60. The van der Waals surface area contributed by atoms with E-state index in [4.69, 9.17) is 5.73 Å². The molecule has 60 valence electrons. The predicted molar refractivity (Wildman–Crippen MR) is 38.8 cm³/mol. The molecular weight excluding hydrogens is 132 g/mol. The number of likely N-dealkylation sites (N-methyl/N-ethyl adjacent to an activating group) is 1. The van der Waals surface area contributed by atoms with Gasteiger partial charge in [0.1, 0.15) is 0 Å². The number of hydroxylamine groups is 3. The molecule has 0 saturated carbocycles. The van der Waals surface area contributed by atoms with Crippen LogP contribution < -0.4 is 5.73 Å². The van der Waals surface area contributed by atoms with E-state index in [1.54, 1.807) is 13.8 Å². The molecule has 0 aliphatic carbocycles. The van der Waals surface area contributed by atoms with Crippen LogP contribution in [-0.4, -0.2) is 30.2 Å². The fourth-order valence-corrected chi connectivity index (χ4v) is 0.731. The second-order valence-electron chi connectivity index (χ2n) is 2.32. The highest BCUT2D eigenvalue weighted by Crippen LogP contribution is 2.00. The summed E-state index contributed by atoms with van der Waals surface area (Å²) in [6.07, 6.45) is 0. The Labute approximate surface area is 60.8 Å². The molecular formula is C6H14N2O2. The number of carbonyl (C=O) groups excluding carboxylic acids is 1. The Balaban J connectivity index is 3.92. The predicted octanol–water partition coefficient (Wildman–Crippen LogP) is -0.174. The van der Waals surface area contributed by atoms with Crippen LogP contribution in [0.25, 0.3) is 0 Å². The Bertz CT molecular complexity index is 121. The topological polar surface area (TPSA) is 66.2 Å². The SMILES string of the molecule is CC[N+]([O-])(CC)CC(N)=O. The van der Waals surface area contributed by atoms with Crippen LogP contribution in [0.5, 0.6) is 0 Å². The fourth-order valence-electron chi connectivity index (χ4n) is 0.731. The molecule has 0 aromatic heterocycles. The van der Waals surface area contributed by atoms with Crippen LogP contribution in [0.3, 0.4) is 0 Å². The molecule has 0 unspecified atom stereocenters. The highest BCUT2D eigenvalue weighted by Gasteiger charge is 2.13. The lowest BCUT2D eigenvalue weighted by Crippen LogP contribution is -2.47. The summed E-state index contributed by atoms with van der Waals surface area (Å²) in [6, 6.07) is 0. The minimum atomic E-state index is -0.529. The van der Waals surface area contributed by atoms with Gasteiger partial charge in [-0.25, -0.2) is 0 Å². The zero-order chi connectivity index (χ0) is 8.20. The Hall–Kier alpha value is -0.610. The van der Waals surface area contributed by atoms with E-state index in [-0.39, 0.29) is 6.54 Å². The van der Waals surface area contributed by atoms with Crippen LogP contribution in [0.1, 0.15) is 13.8 Å². The van der Waals surface area contributed by atoms with Crippen molar-refractivity contribution in [2.24, 2.45) is 5.73 Å². The van der Waals surface area contributed by atoms with E-state index in [1.807, 2.05) is 0 Å². The molecule has 0 aliphatic heterocycles. The summed E-state index contributed by atoms with van der Waals surface area (Å²) < 4.78 is -0.505. The Morgan fingerprint density at radius 2 is 1.90 bits per heavy atom. The first-order valence-corrected chi connectivity index (χ1v) is 3.39. The van der Waals surface area contributed by atoms with Crippen LogP contribution in [0, 0.1) is 5.21 Å². The zero-order valence-corrected chi connectivity index (χ0v) is 6.46. The number of amides is 1. The fraction of sp³-hybridized carbons (Fsp3) is 0.833. The first-order chi connectivity index (χ1) is 4.54. The van der Waals surface area contributed by atoms with Crippen LogP contribution >= 0.6 is 0 Å². The number of nitrogens with two attached hydrogens (primary N) is 1. The molecule has 0 fully saturated rings. The molecule has 0 heterocycles. The second kappa shape index (κ2) is 3.53. The maximum absolute atomic E-state index is 11.3. The van der Waals surface area contributed by atoms with Crippen molar-refractivity contribution in [1.29, 1.82) is 0 Å². The smallest absolute Gasteiger partial charge is 0.272 e. The van der Waals surface area contributed by atoms with Crippen LogP contribution in [0.15, 0.2) is 0 Å². The number of quaternary nitrogens is 1. The normalized spacial score (nSPS) is 11.5. The second-order valence-corrected chi connectivity index (χ2v) is 2.32. The minimum absolute atomic E-state index is 0.104. The molecule has 2 N–H and O–H groups in total. The molecule has 0 spiro atoms. The van der Waals surface area contributed by atoms with E-state index in [0.717, 1.165) is 0 Å². The number of nitrogens with zero attached hydrogens (tertiary/aromatic N) is 1. The summed E-state index contributed by atoms with van der Waals surface area (Å²) in [4.78, 5) is 10.3. The van der Waals surface area contributed by atoms with Gasteiger partial charge < -0.3 is 15.6 Å². The molecule has 0 radical (unpaired) electrons. The number of hydrogen-bond acceptors (Lipinski definition) is 2. The molecule has 0 aromatic rings. The average Bonchev–Trinajstić information content (AvgIpc) is 1.87. The van der Waals surface area contributed by atoms with E-state index in [1.165, 1.54) is 0 Å². The van der Waals surface area contributed by atoms with Crippen molar-refractivity contribution in [1.82, 2.24) is 0 Å². The summed E-state index contributed by atoms with van der Waals surface area (Å²) in [5.41, 5.74) is 4.88. The molecule has 4 nitrogen and oxygen atoms in total. The van der Waals surface area contributed by atoms with E-state index in [2.05, 4.69) is 0 Å². The van der Waals surface area contributed by atoms with Gasteiger partial charge in [-0.1, -0.05) is 0 Å². The van der Waals surface area contributed by atoms with Crippen LogP contribution in [-0.2, 0) is 4.79 Å². The summed E-state index contributed by atoms with van der Waals surface area (Å²) in [5, 5.41) is 11.3. The van der Waals surface area contributed by atoms with Crippen molar-refractivity contribution in [3.63, 3.8) is 0 Å². The summed E-state index contributed by atoms with van der Waals surface area (Å²) in [5.74, 6) is -0.529. The van der Waals surface area contributed by atoms with Crippen LogP contribution in [0.2, 0.25) is 0 Å². The van der Waals surface area contributed by atoms with E-state index < -0.39 is 10.6 Å². The van der Waals surface area contributed by atoms with Gasteiger partial charge in [0.25, 0.3) is 5.91 Å². The third kappa shape index (κ3) is 2.80. The zero-order valence-electron chi connectivity index (χ0n) is 6.46. The van der Waals surface area contributed by atoms with Gasteiger partial charge in [0.05, 0.1) is 13.1 Å². The minimum Gasteiger partial charge on any atom is -0.632 e. The lowest BCUT2D eigenvalue weighted by Gasteiger charge is -2.39. The Morgan fingerprint density at radius 1 is 1.50 bits per heavy atom.